The molecule has 1 fully saturated rings. The Bertz CT molecular complexity index is 653. The fourth-order valence-electron chi connectivity index (χ4n) is 2.70. The van der Waals surface area contributed by atoms with Gasteiger partial charge in [-0.3, -0.25) is 4.79 Å². The SMILES string of the molecule is Cc1ccc(CN[C@@H]2CC(=O)N(Cc3ccc(F)cc3)C2)s1. The first-order chi connectivity index (χ1) is 10.6. The lowest BCUT2D eigenvalue weighted by Gasteiger charge is -2.17. The van der Waals surface area contributed by atoms with E-state index in [1.807, 2.05) is 4.90 Å². The van der Waals surface area contributed by atoms with E-state index >= 15 is 0 Å². The van der Waals surface area contributed by atoms with Crippen molar-refractivity contribution in [1.82, 2.24) is 10.2 Å². The van der Waals surface area contributed by atoms with Crippen LogP contribution in [0.2, 0.25) is 0 Å². The molecule has 2 aromatic rings. The number of hydrogen-bond donors (Lipinski definition) is 1. The zero-order valence-corrected chi connectivity index (χ0v) is 13.3. The quantitative estimate of drug-likeness (QED) is 0.919. The fraction of sp³-hybridized carbons (Fsp3) is 0.353. The molecule has 1 aliphatic rings. The third-order valence-corrected chi connectivity index (χ3v) is 4.86. The molecule has 1 aromatic heterocycles. The summed E-state index contributed by atoms with van der Waals surface area (Å²) in [5.41, 5.74) is 0.962. The molecule has 0 aliphatic carbocycles. The van der Waals surface area contributed by atoms with Gasteiger partial charge in [-0.25, -0.2) is 4.39 Å². The third kappa shape index (κ3) is 3.72. The number of halogens is 1. The highest BCUT2D eigenvalue weighted by Crippen LogP contribution is 2.18. The van der Waals surface area contributed by atoms with Gasteiger partial charge in [-0.2, -0.15) is 0 Å². The van der Waals surface area contributed by atoms with Crippen molar-refractivity contribution in [2.75, 3.05) is 6.54 Å². The molecule has 1 N–H and O–H groups in total. The minimum absolute atomic E-state index is 0.157. The molecule has 116 valence electrons. The predicted octanol–water partition coefficient (Wildman–Crippen LogP) is 3.09. The maximum Gasteiger partial charge on any atom is 0.224 e. The molecule has 3 rings (SSSR count). The van der Waals surface area contributed by atoms with Crippen molar-refractivity contribution in [1.29, 1.82) is 0 Å². The van der Waals surface area contributed by atoms with Crippen LogP contribution in [0.3, 0.4) is 0 Å². The molecule has 3 nitrogen and oxygen atoms in total. The van der Waals surface area contributed by atoms with Crippen molar-refractivity contribution in [3.63, 3.8) is 0 Å². The highest BCUT2D eigenvalue weighted by molar-refractivity contribution is 7.11. The first-order valence-electron chi connectivity index (χ1n) is 7.41. The van der Waals surface area contributed by atoms with Crippen LogP contribution >= 0.6 is 11.3 Å². The largest absolute Gasteiger partial charge is 0.337 e. The van der Waals surface area contributed by atoms with Crippen LogP contribution in [0.5, 0.6) is 0 Å². The summed E-state index contributed by atoms with van der Waals surface area (Å²) in [4.78, 5) is 16.5. The summed E-state index contributed by atoms with van der Waals surface area (Å²) in [5, 5.41) is 3.45. The van der Waals surface area contributed by atoms with Gasteiger partial charge in [-0.15, -0.1) is 11.3 Å². The van der Waals surface area contributed by atoms with Crippen LogP contribution in [-0.4, -0.2) is 23.4 Å². The van der Waals surface area contributed by atoms with Crippen LogP contribution in [0.1, 0.15) is 21.7 Å². The zero-order chi connectivity index (χ0) is 15.5. The van der Waals surface area contributed by atoms with Crippen LogP contribution in [-0.2, 0) is 17.9 Å². The average Bonchev–Trinajstić information content (AvgIpc) is 3.06. The number of rotatable bonds is 5. The number of amides is 1. The summed E-state index contributed by atoms with van der Waals surface area (Å²) in [5.74, 6) is -0.0912. The molecule has 0 radical (unpaired) electrons. The van der Waals surface area contributed by atoms with Gasteiger partial charge in [0.1, 0.15) is 5.82 Å². The summed E-state index contributed by atoms with van der Waals surface area (Å²) >= 11 is 1.78. The van der Waals surface area contributed by atoms with Crippen LogP contribution in [0.25, 0.3) is 0 Å². The van der Waals surface area contributed by atoms with Gasteiger partial charge in [0.05, 0.1) is 0 Å². The standard InChI is InChI=1S/C17H19FN2OS/c1-12-2-7-16(22-12)9-19-15-8-17(21)20(11-15)10-13-3-5-14(18)6-4-13/h2-7,15,19H,8-11H2,1H3/t15-/m1/s1. The summed E-state index contributed by atoms with van der Waals surface area (Å²) in [6.45, 7) is 4.16. The number of likely N-dealkylation sites (tertiary alicyclic amines) is 1. The molecule has 22 heavy (non-hydrogen) atoms. The topological polar surface area (TPSA) is 32.3 Å². The van der Waals surface area contributed by atoms with Gasteiger partial charge in [0.15, 0.2) is 0 Å². The maximum atomic E-state index is 12.9. The number of carbonyl (C=O) groups is 1. The molecule has 0 saturated carbocycles. The first kappa shape index (κ1) is 15.2. The Morgan fingerprint density at radius 2 is 2.05 bits per heavy atom. The molecule has 1 aliphatic heterocycles. The third-order valence-electron chi connectivity index (χ3n) is 3.86. The smallest absolute Gasteiger partial charge is 0.224 e. The Hall–Kier alpha value is -1.72. The number of hydrogen-bond acceptors (Lipinski definition) is 3. The number of benzene rings is 1. The fourth-order valence-corrected chi connectivity index (χ4v) is 3.54. The molecule has 2 heterocycles. The zero-order valence-electron chi connectivity index (χ0n) is 12.5. The Balaban J connectivity index is 1.53. The molecular weight excluding hydrogens is 299 g/mol. The van der Waals surface area contributed by atoms with Gasteiger partial charge < -0.3 is 10.2 Å². The maximum absolute atomic E-state index is 12.9. The second-order valence-electron chi connectivity index (χ2n) is 5.70. The Morgan fingerprint density at radius 3 is 2.73 bits per heavy atom. The van der Waals surface area contributed by atoms with E-state index in [9.17, 15) is 9.18 Å². The second kappa shape index (κ2) is 6.58. The van der Waals surface area contributed by atoms with E-state index in [1.54, 1.807) is 23.5 Å². The summed E-state index contributed by atoms with van der Waals surface area (Å²) < 4.78 is 12.9. The lowest BCUT2D eigenvalue weighted by atomic mass is 10.2. The molecule has 1 aromatic carbocycles. The summed E-state index contributed by atoms with van der Waals surface area (Å²) in [6, 6.07) is 10.8. The highest BCUT2D eigenvalue weighted by atomic mass is 32.1. The van der Waals surface area contributed by atoms with Gasteiger partial charge >= 0.3 is 0 Å². The van der Waals surface area contributed by atoms with Crippen molar-refractivity contribution < 1.29 is 9.18 Å². The Labute approximate surface area is 133 Å². The number of nitrogens with zero attached hydrogens (tertiary/aromatic N) is 1. The van der Waals surface area contributed by atoms with Crippen LogP contribution in [0.15, 0.2) is 36.4 Å². The lowest BCUT2D eigenvalue weighted by Crippen LogP contribution is -2.32. The predicted molar refractivity (Wildman–Crippen MR) is 86.1 cm³/mol. The van der Waals surface area contributed by atoms with Gasteiger partial charge in [-0.05, 0) is 36.8 Å². The van der Waals surface area contributed by atoms with E-state index in [4.69, 9.17) is 0 Å². The van der Waals surface area contributed by atoms with Crippen LogP contribution in [0, 0.1) is 12.7 Å². The minimum Gasteiger partial charge on any atom is -0.337 e. The van der Waals surface area contributed by atoms with Gasteiger partial charge in [-0.1, -0.05) is 12.1 Å². The normalized spacial score (nSPS) is 18.2. The van der Waals surface area contributed by atoms with Crippen molar-refractivity contribution >= 4 is 17.2 Å². The molecule has 1 amide bonds. The van der Waals surface area contributed by atoms with Gasteiger partial charge in [0.2, 0.25) is 5.91 Å². The first-order valence-corrected chi connectivity index (χ1v) is 8.23. The summed E-state index contributed by atoms with van der Waals surface area (Å²) in [7, 11) is 0. The van der Waals surface area contributed by atoms with Crippen LogP contribution in [0.4, 0.5) is 4.39 Å². The van der Waals surface area contributed by atoms with E-state index < -0.39 is 0 Å². The molecule has 1 saturated heterocycles. The number of thiophene rings is 1. The molecule has 1 atom stereocenters. The monoisotopic (exact) mass is 318 g/mol. The number of aryl methyl sites for hydroxylation is 1. The molecule has 0 bridgehead atoms. The van der Waals surface area contributed by atoms with Crippen molar-refractivity contribution in [3.8, 4) is 0 Å². The molecular formula is C17H19FN2OS. The second-order valence-corrected chi connectivity index (χ2v) is 7.07. The van der Waals surface area contributed by atoms with Gasteiger partial charge in [0.25, 0.3) is 0 Å². The Morgan fingerprint density at radius 1 is 1.27 bits per heavy atom. The summed E-state index contributed by atoms with van der Waals surface area (Å²) in [6.07, 6.45) is 0.533. The van der Waals surface area contributed by atoms with E-state index in [0.717, 1.165) is 12.1 Å². The van der Waals surface area contributed by atoms with E-state index in [-0.39, 0.29) is 17.8 Å². The minimum atomic E-state index is -0.248. The highest BCUT2D eigenvalue weighted by Gasteiger charge is 2.29. The van der Waals surface area contributed by atoms with Gasteiger partial charge in [0, 0.05) is 41.9 Å². The van der Waals surface area contributed by atoms with E-state index in [0.29, 0.717) is 19.5 Å². The molecule has 0 spiro atoms. The number of nitrogens with one attached hydrogen (secondary N) is 1. The van der Waals surface area contributed by atoms with Crippen LogP contribution < -0.4 is 5.32 Å². The average molecular weight is 318 g/mol. The lowest BCUT2D eigenvalue weighted by molar-refractivity contribution is -0.128. The Kier molecular flexibility index (Phi) is 4.55. The molecule has 0 unspecified atom stereocenters. The van der Waals surface area contributed by atoms with Crippen molar-refractivity contribution in [2.24, 2.45) is 0 Å². The van der Waals surface area contributed by atoms with Crippen molar-refractivity contribution in [3.05, 3.63) is 57.5 Å². The number of carbonyl (C=O) groups excluding carboxylic acids is 1. The van der Waals surface area contributed by atoms with E-state index in [1.165, 1.54) is 21.9 Å². The molecule has 5 heteroatoms. The van der Waals surface area contributed by atoms with E-state index in [2.05, 4.69) is 24.4 Å². The van der Waals surface area contributed by atoms with Crippen molar-refractivity contribution in [2.45, 2.75) is 32.5 Å².